The summed E-state index contributed by atoms with van der Waals surface area (Å²) in [6.07, 6.45) is 0.207. The van der Waals surface area contributed by atoms with Gasteiger partial charge in [-0.2, -0.15) is 0 Å². The minimum Gasteiger partial charge on any atom is -0.399 e. The van der Waals surface area contributed by atoms with Crippen molar-refractivity contribution in [2.45, 2.75) is 13.3 Å². The molecule has 1 aromatic carbocycles. The maximum Gasteiger partial charge on any atom is 0.249 e. The van der Waals surface area contributed by atoms with Crippen molar-refractivity contribution in [3.05, 3.63) is 29.3 Å². The van der Waals surface area contributed by atoms with Crippen LogP contribution in [0, 0.1) is 0 Å². The maximum absolute atomic E-state index is 11.0. The highest BCUT2D eigenvalue weighted by Gasteiger charge is 2.09. The van der Waals surface area contributed by atoms with E-state index >= 15 is 0 Å². The van der Waals surface area contributed by atoms with Gasteiger partial charge in [0.25, 0.3) is 0 Å². The Bertz CT molecular complexity index is 386. The van der Waals surface area contributed by atoms with Crippen LogP contribution in [-0.4, -0.2) is 11.7 Å². The molecular weight excluding hydrogens is 180 g/mol. The van der Waals surface area contributed by atoms with Gasteiger partial charge in [0.2, 0.25) is 5.91 Å². The molecule has 0 bridgehead atoms. The van der Waals surface area contributed by atoms with Crippen LogP contribution in [0.1, 0.15) is 22.8 Å². The van der Waals surface area contributed by atoms with Crippen LogP contribution in [0.25, 0.3) is 0 Å². The van der Waals surface area contributed by atoms with Gasteiger partial charge in [-0.1, -0.05) is 6.07 Å². The lowest BCUT2D eigenvalue weighted by atomic mass is 10.0. The van der Waals surface area contributed by atoms with E-state index in [1.807, 2.05) is 0 Å². The highest BCUT2D eigenvalue weighted by atomic mass is 16.1. The molecule has 0 atom stereocenters. The van der Waals surface area contributed by atoms with Crippen molar-refractivity contribution >= 4 is 17.4 Å². The zero-order chi connectivity index (χ0) is 10.7. The molecule has 4 N–H and O–H groups in total. The number of ketones is 1. The number of carbonyl (C=O) groups excluding carboxylic acids is 2. The van der Waals surface area contributed by atoms with Gasteiger partial charge in [-0.3, -0.25) is 9.59 Å². The fraction of sp³-hybridized carbons (Fsp3) is 0.200. The van der Waals surface area contributed by atoms with Gasteiger partial charge in [-0.25, -0.2) is 0 Å². The van der Waals surface area contributed by atoms with Gasteiger partial charge in [0.1, 0.15) is 5.78 Å². The number of hydrogen-bond acceptors (Lipinski definition) is 3. The minimum atomic E-state index is -0.562. The average molecular weight is 192 g/mol. The first-order chi connectivity index (χ1) is 6.50. The standard InChI is InChI=1S/C10H12N2O2/c1-6(13)4-7-2-3-8(11)5-9(7)10(12)14/h2-3,5H,4,11H2,1H3,(H2,12,14). The zero-order valence-corrected chi connectivity index (χ0v) is 7.91. The van der Waals surface area contributed by atoms with Crippen molar-refractivity contribution in [2.75, 3.05) is 5.73 Å². The molecule has 0 saturated heterocycles. The first-order valence-corrected chi connectivity index (χ1v) is 4.18. The van der Waals surface area contributed by atoms with Gasteiger partial charge < -0.3 is 11.5 Å². The number of anilines is 1. The molecule has 0 fully saturated rings. The van der Waals surface area contributed by atoms with Crippen LogP contribution in [0.3, 0.4) is 0 Å². The lowest BCUT2D eigenvalue weighted by molar-refractivity contribution is -0.116. The molecule has 0 spiro atoms. The lowest BCUT2D eigenvalue weighted by Gasteiger charge is -2.05. The lowest BCUT2D eigenvalue weighted by Crippen LogP contribution is -2.15. The Balaban J connectivity index is 3.14. The van der Waals surface area contributed by atoms with E-state index in [0.717, 1.165) is 0 Å². The SMILES string of the molecule is CC(=O)Cc1ccc(N)cc1C(N)=O. The summed E-state index contributed by atoms with van der Waals surface area (Å²) in [5, 5.41) is 0. The fourth-order valence-electron chi connectivity index (χ4n) is 1.25. The van der Waals surface area contributed by atoms with Crippen LogP contribution in [0.5, 0.6) is 0 Å². The van der Waals surface area contributed by atoms with Gasteiger partial charge >= 0.3 is 0 Å². The van der Waals surface area contributed by atoms with Crippen molar-refractivity contribution < 1.29 is 9.59 Å². The van der Waals surface area contributed by atoms with Crippen molar-refractivity contribution in [2.24, 2.45) is 5.73 Å². The second-order valence-electron chi connectivity index (χ2n) is 3.16. The molecule has 0 radical (unpaired) electrons. The van der Waals surface area contributed by atoms with Gasteiger partial charge in [0, 0.05) is 17.7 Å². The van der Waals surface area contributed by atoms with Gasteiger partial charge in [0.15, 0.2) is 0 Å². The van der Waals surface area contributed by atoms with E-state index in [4.69, 9.17) is 11.5 Å². The van der Waals surface area contributed by atoms with Crippen molar-refractivity contribution in [1.82, 2.24) is 0 Å². The third kappa shape index (κ3) is 2.32. The highest BCUT2D eigenvalue weighted by Crippen LogP contribution is 2.14. The summed E-state index contributed by atoms with van der Waals surface area (Å²) >= 11 is 0. The van der Waals surface area contributed by atoms with Crippen LogP contribution >= 0.6 is 0 Å². The molecule has 0 aliphatic carbocycles. The van der Waals surface area contributed by atoms with E-state index in [0.29, 0.717) is 16.8 Å². The summed E-state index contributed by atoms with van der Waals surface area (Å²) in [6, 6.07) is 4.78. The van der Waals surface area contributed by atoms with E-state index in [1.165, 1.54) is 13.0 Å². The second-order valence-corrected chi connectivity index (χ2v) is 3.16. The molecule has 0 aliphatic heterocycles. The van der Waals surface area contributed by atoms with Gasteiger partial charge in [-0.15, -0.1) is 0 Å². The van der Waals surface area contributed by atoms with Crippen molar-refractivity contribution in [1.29, 1.82) is 0 Å². The smallest absolute Gasteiger partial charge is 0.249 e. The summed E-state index contributed by atoms with van der Waals surface area (Å²) in [5.41, 5.74) is 12.1. The second kappa shape index (κ2) is 3.91. The number of rotatable bonds is 3. The Morgan fingerprint density at radius 1 is 1.36 bits per heavy atom. The predicted molar refractivity (Wildman–Crippen MR) is 53.8 cm³/mol. The molecule has 0 aliphatic rings. The molecule has 0 aromatic heterocycles. The quantitative estimate of drug-likeness (QED) is 0.683. The first-order valence-electron chi connectivity index (χ1n) is 4.18. The average Bonchev–Trinajstić information content (AvgIpc) is 2.07. The largest absolute Gasteiger partial charge is 0.399 e. The molecule has 0 heterocycles. The van der Waals surface area contributed by atoms with Crippen molar-refractivity contribution in [3.8, 4) is 0 Å². The third-order valence-corrected chi connectivity index (χ3v) is 1.84. The van der Waals surface area contributed by atoms with Crippen LogP contribution in [-0.2, 0) is 11.2 Å². The molecule has 1 amide bonds. The molecular formula is C10H12N2O2. The number of Topliss-reactive ketones (excluding diaryl/α,β-unsaturated/α-hetero) is 1. The normalized spacial score (nSPS) is 9.79. The molecule has 1 rings (SSSR count). The van der Waals surface area contributed by atoms with Gasteiger partial charge in [0.05, 0.1) is 0 Å². The number of amides is 1. The Kier molecular flexibility index (Phi) is 2.86. The van der Waals surface area contributed by atoms with E-state index in [-0.39, 0.29) is 12.2 Å². The summed E-state index contributed by atoms with van der Waals surface area (Å²) in [6.45, 7) is 1.46. The number of nitrogen functional groups attached to an aromatic ring is 1. The summed E-state index contributed by atoms with van der Waals surface area (Å²) in [7, 11) is 0. The Morgan fingerprint density at radius 3 is 2.50 bits per heavy atom. The van der Waals surface area contributed by atoms with E-state index in [2.05, 4.69) is 0 Å². The minimum absolute atomic E-state index is 0.0164. The molecule has 0 unspecified atom stereocenters. The fourth-order valence-corrected chi connectivity index (χ4v) is 1.25. The van der Waals surface area contributed by atoms with Crippen LogP contribution in [0.4, 0.5) is 5.69 Å². The Hall–Kier alpha value is -1.84. The van der Waals surface area contributed by atoms with Gasteiger partial charge in [-0.05, 0) is 24.6 Å². The Labute approximate surface area is 81.9 Å². The molecule has 74 valence electrons. The number of nitrogens with two attached hydrogens (primary N) is 2. The maximum atomic E-state index is 11.0. The highest BCUT2D eigenvalue weighted by molar-refractivity contribution is 5.96. The molecule has 0 saturated carbocycles. The van der Waals surface area contributed by atoms with E-state index in [1.54, 1.807) is 12.1 Å². The summed E-state index contributed by atoms with van der Waals surface area (Å²) in [4.78, 5) is 21.9. The molecule has 14 heavy (non-hydrogen) atoms. The monoisotopic (exact) mass is 192 g/mol. The number of benzene rings is 1. The third-order valence-electron chi connectivity index (χ3n) is 1.84. The van der Waals surface area contributed by atoms with E-state index < -0.39 is 5.91 Å². The van der Waals surface area contributed by atoms with Crippen LogP contribution in [0.15, 0.2) is 18.2 Å². The molecule has 4 nitrogen and oxygen atoms in total. The van der Waals surface area contributed by atoms with Crippen LogP contribution < -0.4 is 11.5 Å². The predicted octanol–water partition coefficient (Wildman–Crippen LogP) is 0.499. The molecule has 1 aromatic rings. The number of carbonyl (C=O) groups is 2. The van der Waals surface area contributed by atoms with Crippen LogP contribution in [0.2, 0.25) is 0 Å². The van der Waals surface area contributed by atoms with Crippen molar-refractivity contribution in [3.63, 3.8) is 0 Å². The topological polar surface area (TPSA) is 86.2 Å². The molecule has 4 heteroatoms. The first kappa shape index (κ1) is 10.2. The zero-order valence-electron chi connectivity index (χ0n) is 7.91. The summed E-state index contributed by atoms with van der Waals surface area (Å²) < 4.78 is 0. The van der Waals surface area contributed by atoms with E-state index in [9.17, 15) is 9.59 Å². The number of hydrogen-bond donors (Lipinski definition) is 2. The summed E-state index contributed by atoms with van der Waals surface area (Å²) in [5.74, 6) is -0.578. The number of primary amides is 1. The Morgan fingerprint density at radius 2 is 2.00 bits per heavy atom.